The summed E-state index contributed by atoms with van der Waals surface area (Å²) in [5.41, 5.74) is 0.0577. The first-order chi connectivity index (χ1) is 14.1. The molecule has 0 unspecified atom stereocenters. The lowest BCUT2D eigenvalue weighted by Gasteiger charge is -2.37. The zero-order valence-corrected chi connectivity index (χ0v) is 17.3. The average Bonchev–Trinajstić information content (AvgIpc) is 2.89. The predicted octanol–water partition coefficient (Wildman–Crippen LogP) is 1.10. The molecule has 0 spiro atoms. The topological polar surface area (TPSA) is 140 Å². The zero-order chi connectivity index (χ0) is 21.8. The van der Waals surface area contributed by atoms with Gasteiger partial charge >= 0.3 is 5.97 Å². The third-order valence-electron chi connectivity index (χ3n) is 5.37. The standard InChI is InChI=1S/C18H18ClN3O7S/c1-18(15(17(27)28)22-11(24)4-12(22)30-18)7-20-29-8-5-21(6-8)16(26)9-2-3-10(23)14(25)13(9)19/h2-3,7-8,12,15,23,25H,4-6H2,1H3,(H,27,28)/b20-7+/t12-,15+,18+/m1/s1. The molecule has 0 radical (unpaired) electrons. The number of phenols is 2. The van der Waals surface area contributed by atoms with Gasteiger partial charge in [-0.25, -0.2) is 4.79 Å². The molecule has 3 aliphatic rings. The maximum atomic E-state index is 12.5. The molecule has 160 valence electrons. The Balaban J connectivity index is 1.34. The van der Waals surface area contributed by atoms with E-state index in [1.54, 1.807) is 6.92 Å². The quantitative estimate of drug-likeness (QED) is 0.259. The molecule has 3 fully saturated rings. The number of nitrogens with zero attached hydrogens (tertiary/aromatic N) is 3. The molecule has 3 heterocycles. The number of oxime groups is 1. The van der Waals surface area contributed by atoms with Gasteiger partial charge in [0.2, 0.25) is 5.91 Å². The number of carbonyl (C=O) groups excluding carboxylic acids is 2. The summed E-state index contributed by atoms with van der Waals surface area (Å²) in [6, 6.07) is 1.49. The Kier molecular flexibility index (Phi) is 4.97. The van der Waals surface area contributed by atoms with Gasteiger partial charge in [-0.05, 0) is 19.1 Å². The van der Waals surface area contributed by atoms with Crippen LogP contribution in [0.3, 0.4) is 0 Å². The minimum Gasteiger partial charge on any atom is -0.504 e. The van der Waals surface area contributed by atoms with Gasteiger partial charge in [0, 0.05) is 0 Å². The van der Waals surface area contributed by atoms with E-state index in [2.05, 4.69) is 5.16 Å². The Morgan fingerprint density at radius 2 is 2.07 bits per heavy atom. The number of thioether (sulfide) groups is 1. The molecule has 2 amide bonds. The van der Waals surface area contributed by atoms with Crippen LogP contribution in [-0.2, 0) is 14.4 Å². The van der Waals surface area contributed by atoms with Crippen LogP contribution in [0.5, 0.6) is 11.5 Å². The summed E-state index contributed by atoms with van der Waals surface area (Å²) in [7, 11) is 0. The fraction of sp³-hybridized carbons (Fsp3) is 0.444. The van der Waals surface area contributed by atoms with Crippen LogP contribution in [0.2, 0.25) is 5.02 Å². The molecule has 1 aromatic rings. The van der Waals surface area contributed by atoms with Crippen LogP contribution in [0.4, 0.5) is 0 Å². The van der Waals surface area contributed by atoms with E-state index in [1.807, 2.05) is 0 Å². The van der Waals surface area contributed by atoms with Crippen molar-refractivity contribution < 1.29 is 34.5 Å². The first-order valence-corrected chi connectivity index (χ1v) is 10.3. The normalized spacial score (nSPS) is 28.3. The minimum atomic E-state index is -1.10. The van der Waals surface area contributed by atoms with Crippen LogP contribution in [0.15, 0.2) is 17.3 Å². The highest BCUT2D eigenvalue weighted by atomic mass is 35.5. The van der Waals surface area contributed by atoms with Crippen molar-refractivity contribution in [3.05, 3.63) is 22.7 Å². The molecule has 12 heteroatoms. The summed E-state index contributed by atoms with van der Waals surface area (Å²) < 4.78 is -0.918. The minimum absolute atomic E-state index is 0.0577. The van der Waals surface area contributed by atoms with Gasteiger partial charge in [-0.1, -0.05) is 16.8 Å². The molecule has 10 nitrogen and oxygen atoms in total. The van der Waals surface area contributed by atoms with E-state index in [4.69, 9.17) is 16.4 Å². The number of carboxylic acids is 1. The Labute approximate surface area is 180 Å². The number of amides is 2. The number of aliphatic carboxylic acids is 1. The van der Waals surface area contributed by atoms with Crippen molar-refractivity contribution in [2.75, 3.05) is 13.1 Å². The Bertz CT molecular complexity index is 967. The highest BCUT2D eigenvalue weighted by molar-refractivity contribution is 8.02. The molecule has 1 aromatic carbocycles. The molecule has 3 aliphatic heterocycles. The van der Waals surface area contributed by atoms with Crippen molar-refractivity contribution in [1.82, 2.24) is 9.80 Å². The maximum absolute atomic E-state index is 12.5. The lowest BCUT2D eigenvalue weighted by atomic mass is 9.98. The van der Waals surface area contributed by atoms with E-state index in [9.17, 15) is 29.7 Å². The number of halogens is 1. The summed E-state index contributed by atoms with van der Waals surface area (Å²) in [5.74, 6) is -2.68. The van der Waals surface area contributed by atoms with Gasteiger partial charge in [0.25, 0.3) is 5.91 Å². The molecule has 3 N–H and O–H groups in total. The number of hydrogen-bond acceptors (Lipinski definition) is 8. The molecule has 0 aromatic heterocycles. The van der Waals surface area contributed by atoms with Crippen molar-refractivity contribution in [1.29, 1.82) is 0 Å². The number of fused-ring (bicyclic) bond motifs is 1. The van der Waals surface area contributed by atoms with Crippen LogP contribution in [0.25, 0.3) is 0 Å². The fourth-order valence-corrected chi connectivity index (χ4v) is 5.54. The van der Waals surface area contributed by atoms with Gasteiger partial charge in [0.05, 0.1) is 46.4 Å². The van der Waals surface area contributed by atoms with Gasteiger partial charge in [0.1, 0.15) is 6.04 Å². The van der Waals surface area contributed by atoms with Crippen molar-refractivity contribution in [3.63, 3.8) is 0 Å². The van der Waals surface area contributed by atoms with E-state index in [0.717, 1.165) is 0 Å². The predicted molar refractivity (Wildman–Crippen MR) is 107 cm³/mol. The maximum Gasteiger partial charge on any atom is 0.328 e. The first kappa shape index (κ1) is 20.6. The smallest absolute Gasteiger partial charge is 0.328 e. The third kappa shape index (κ3) is 3.21. The second kappa shape index (κ2) is 7.24. The number of carboxylic acid groups (broad SMARTS) is 1. The molecule has 4 rings (SSSR count). The van der Waals surface area contributed by atoms with Crippen LogP contribution >= 0.6 is 23.4 Å². The number of benzene rings is 1. The second-order valence-electron chi connectivity index (χ2n) is 7.47. The SMILES string of the molecule is C[C@@]1(/C=N/OC2CN(C(=O)c3ccc(O)c(O)c3Cl)C2)S[C@@H]2CC(=O)N2[C@H]1C(=O)O. The summed E-state index contributed by atoms with van der Waals surface area (Å²) in [4.78, 5) is 44.0. The summed E-state index contributed by atoms with van der Waals surface area (Å²) in [6.07, 6.45) is 1.33. The number of rotatable bonds is 5. The van der Waals surface area contributed by atoms with Gasteiger partial charge < -0.3 is 30.0 Å². The largest absolute Gasteiger partial charge is 0.504 e. The summed E-state index contributed by atoms with van der Waals surface area (Å²) in [5, 5.41) is 32.1. The zero-order valence-electron chi connectivity index (χ0n) is 15.7. The van der Waals surface area contributed by atoms with E-state index >= 15 is 0 Å². The van der Waals surface area contributed by atoms with Gasteiger partial charge in [-0.15, -0.1) is 11.8 Å². The number of β-lactam (4-membered cyclic amide) rings is 1. The van der Waals surface area contributed by atoms with Crippen molar-refractivity contribution in [3.8, 4) is 11.5 Å². The molecular formula is C18H18ClN3O7S. The molecular weight excluding hydrogens is 438 g/mol. The van der Waals surface area contributed by atoms with Crippen molar-refractivity contribution in [2.24, 2.45) is 5.16 Å². The number of carbonyl (C=O) groups is 3. The average molecular weight is 456 g/mol. The number of likely N-dealkylation sites (tertiary alicyclic amines) is 1. The van der Waals surface area contributed by atoms with Crippen LogP contribution < -0.4 is 0 Å². The van der Waals surface area contributed by atoms with E-state index in [-0.39, 0.29) is 41.1 Å². The van der Waals surface area contributed by atoms with Gasteiger partial charge in [0.15, 0.2) is 17.6 Å². The van der Waals surface area contributed by atoms with E-state index in [0.29, 0.717) is 6.42 Å². The Morgan fingerprint density at radius 1 is 1.37 bits per heavy atom. The van der Waals surface area contributed by atoms with E-state index < -0.39 is 34.2 Å². The highest BCUT2D eigenvalue weighted by Gasteiger charge is 2.60. The van der Waals surface area contributed by atoms with Crippen LogP contribution in [0, 0.1) is 0 Å². The third-order valence-corrected chi connectivity index (χ3v) is 7.26. The van der Waals surface area contributed by atoms with Crippen LogP contribution in [-0.4, -0.2) is 84.5 Å². The van der Waals surface area contributed by atoms with Crippen molar-refractivity contribution in [2.45, 2.75) is 35.6 Å². The molecule has 30 heavy (non-hydrogen) atoms. The Morgan fingerprint density at radius 3 is 2.70 bits per heavy atom. The van der Waals surface area contributed by atoms with Gasteiger partial charge in [-0.2, -0.15) is 0 Å². The Hall–Kier alpha value is -2.66. The highest BCUT2D eigenvalue weighted by Crippen LogP contribution is 2.50. The van der Waals surface area contributed by atoms with Gasteiger partial charge in [-0.3, -0.25) is 9.59 Å². The second-order valence-corrected chi connectivity index (χ2v) is 9.51. The number of hydrogen-bond donors (Lipinski definition) is 3. The molecule has 0 bridgehead atoms. The fourth-order valence-electron chi connectivity index (χ4n) is 3.69. The number of phenolic OH excluding ortho intramolecular Hbond substituents is 2. The monoisotopic (exact) mass is 455 g/mol. The molecule has 0 saturated carbocycles. The molecule has 3 atom stereocenters. The number of aromatic hydroxyl groups is 2. The van der Waals surface area contributed by atoms with E-state index in [1.165, 1.54) is 39.9 Å². The first-order valence-electron chi connectivity index (χ1n) is 9.04. The lowest BCUT2D eigenvalue weighted by molar-refractivity contribution is -0.156. The molecule has 0 aliphatic carbocycles. The summed E-state index contributed by atoms with van der Waals surface area (Å²) >= 11 is 7.27. The van der Waals surface area contributed by atoms with Crippen molar-refractivity contribution >= 4 is 47.4 Å². The van der Waals surface area contributed by atoms with Crippen LogP contribution in [0.1, 0.15) is 23.7 Å². The summed E-state index contributed by atoms with van der Waals surface area (Å²) in [6.45, 7) is 2.16. The molecule has 3 saturated heterocycles. The lowest BCUT2D eigenvalue weighted by Crippen LogP contribution is -2.57.